The van der Waals surface area contributed by atoms with Gasteiger partial charge in [0, 0.05) is 17.8 Å². The number of methoxy groups -OCH3 is 1. The van der Waals surface area contributed by atoms with E-state index in [4.69, 9.17) is 9.16 Å². The summed E-state index contributed by atoms with van der Waals surface area (Å²) < 4.78 is 17.6. The van der Waals surface area contributed by atoms with Crippen molar-refractivity contribution in [1.29, 1.82) is 0 Å². The second kappa shape index (κ2) is 16.4. The fraction of sp³-hybridized carbons (Fsp3) is 0.867. The molecule has 0 bridgehead atoms. The number of allylic oxidation sites excluding steroid dienone is 1. The van der Waals surface area contributed by atoms with Crippen LogP contribution in [-0.2, 0) is 23.5 Å². The summed E-state index contributed by atoms with van der Waals surface area (Å²) in [7, 11) is -0.549. The quantitative estimate of drug-likeness (QED) is 0.0581. The van der Waals surface area contributed by atoms with Gasteiger partial charge in [-0.3, -0.25) is 4.79 Å². The van der Waals surface area contributed by atoms with Crippen molar-refractivity contribution >= 4 is 36.2 Å². The summed E-state index contributed by atoms with van der Waals surface area (Å²) >= 11 is 4.11. The summed E-state index contributed by atoms with van der Waals surface area (Å²) in [4.78, 5) is 23.4. The third-order valence-electron chi connectivity index (χ3n) is 8.54. The van der Waals surface area contributed by atoms with Crippen molar-refractivity contribution in [2.24, 2.45) is 17.8 Å². The van der Waals surface area contributed by atoms with Crippen LogP contribution in [0.3, 0.4) is 0 Å². The summed E-state index contributed by atoms with van der Waals surface area (Å²) in [6, 6.07) is 0. The van der Waals surface area contributed by atoms with E-state index in [1.165, 1.54) is 39.4 Å². The molecule has 0 aromatic carbocycles. The molecular formula is C30H55BrO5Si. The first kappa shape index (κ1) is 34.4. The lowest BCUT2D eigenvalue weighted by Gasteiger charge is -2.43. The SMILES string of the molecule is CCCC[C@H](C)[C@H](O[Si](C)(C)C(C)(C)C)C(Br)C[C@@H]1[C@@H](CCCCC=CC(=O)OC)CC[C@H]1OC(C)=O. The van der Waals surface area contributed by atoms with E-state index in [2.05, 4.69) is 68.4 Å². The molecule has 0 N–H and O–H groups in total. The van der Waals surface area contributed by atoms with E-state index in [1.54, 1.807) is 0 Å². The minimum atomic E-state index is -1.95. The highest BCUT2D eigenvalue weighted by atomic mass is 79.9. The monoisotopic (exact) mass is 602 g/mol. The molecule has 1 saturated carbocycles. The predicted molar refractivity (Wildman–Crippen MR) is 159 cm³/mol. The molecular weight excluding hydrogens is 548 g/mol. The van der Waals surface area contributed by atoms with Crippen LogP contribution in [0, 0.1) is 17.8 Å². The van der Waals surface area contributed by atoms with Crippen molar-refractivity contribution in [3.05, 3.63) is 12.2 Å². The maximum atomic E-state index is 11.9. The van der Waals surface area contributed by atoms with Crippen LogP contribution in [0.1, 0.15) is 106 Å². The Bertz CT molecular complexity index is 717. The topological polar surface area (TPSA) is 61.8 Å². The van der Waals surface area contributed by atoms with E-state index in [0.29, 0.717) is 17.8 Å². The van der Waals surface area contributed by atoms with Crippen LogP contribution in [0.5, 0.6) is 0 Å². The summed E-state index contributed by atoms with van der Waals surface area (Å²) in [6.07, 6.45) is 14.2. The molecule has 0 radical (unpaired) electrons. The van der Waals surface area contributed by atoms with Crippen molar-refractivity contribution in [1.82, 2.24) is 0 Å². The Kier molecular flexibility index (Phi) is 15.3. The van der Waals surface area contributed by atoms with E-state index >= 15 is 0 Å². The summed E-state index contributed by atoms with van der Waals surface area (Å²) in [6.45, 7) is 17.7. The molecule has 1 aliphatic carbocycles. The molecule has 0 aromatic rings. The number of unbranched alkanes of at least 4 members (excludes halogenated alkanes) is 3. The third kappa shape index (κ3) is 11.9. The molecule has 0 aliphatic heterocycles. The fourth-order valence-electron chi connectivity index (χ4n) is 5.24. The van der Waals surface area contributed by atoms with Crippen LogP contribution in [0.25, 0.3) is 0 Å². The molecule has 6 atom stereocenters. The van der Waals surface area contributed by atoms with E-state index in [0.717, 1.165) is 44.9 Å². The molecule has 0 aromatic heterocycles. The highest BCUT2D eigenvalue weighted by Gasteiger charge is 2.44. The molecule has 1 fully saturated rings. The molecule has 0 amide bonds. The Morgan fingerprint density at radius 3 is 2.38 bits per heavy atom. The average molecular weight is 604 g/mol. The first-order chi connectivity index (χ1) is 17.2. The largest absolute Gasteiger partial charge is 0.466 e. The van der Waals surface area contributed by atoms with Gasteiger partial charge in [-0.2, -0.15) is 0 Å². The van der Waals surface area contributed by atoms with Crippen LogP contribution in [0.15, 0.2) is 12.2 Å². The van der Waals surface area contributed by atoms with Gasteiger partial charge in [0.2, 0.25) is 0 Å². The van der Waals surface area contributed by atoms with E-state index in [1.807, 2.05) is 6.08 Å². The number of hydrogen-bond acceptors (Lipinski definition) is 5. The highest BCUT2D eigenvalue weighted by molar-refractivity contribution is 9.09. The molecule has 7 heteroatoms. The van der Waals surface area contributed by atoms with Gasteiger partial charge in [-0.1, -0.05) is 82.3 Å². The van der Waals surface area contributed by atoms with Gasteiger partial charge in [0.1, 0.15) is 6.10 Å². The van der Waals surface area contributed by atoms with E-state index < -0.39 is 8.32 Å². The molecule has 0 saturated heterocycles. The van der Waals surface area contributed by atoms with E-state index in [-0.39, 0.29) is 34.0 Å². The predicted octanol–water partition coefficient (Wildman–Crippen LogP) is 8.60. The second-order valence-electron chi connectivity index (χ2n) is 12.6. The van der Waals surface area contributed by atoms with Crippen molar-refractivity contribution in [2.75, 3.05) is 7.11 Å². The van der Waals surface area contributed by atoms with Gasteiger partial charge in [0.25, 0.3) is 0 Å². The number of alkyl halides is 1. The van der Waals surface area contributed by atoms with E-state index in [9.17, 15) is 9.59 Å². The number of ether oxygens (including phenoxy) is 2. The maximum Gasteiger partial charge on any atom is 0.330 e. The Hall–Kier alpha value is -0.663. The lowest BCUT2D eigenvalue weighted by atomic mass is 9.84. The molecule has 216 valence electrons. The van der Waals surface area contributed by atoms with Crippen molar-refractivity contribution in [3.63, 3.8) is 0 Å². The van der Waals surface area contributed by atoms with Crippen LogP contribution in [-0.4, -0.2) is 44.4 Å². The van der Waals surface area contributed by atoms with Gasteiger partial charge < -0.3 is 13.9 Å². The minimum Gasteiger partial charge on any atom is -0.466 e. The molecule has 0 heterocycles. The second-order valence-corrected chi connectivity index (χ2v) is 18.5. The molecule has 37 heavy (non-hydrogen) atoms. The average Bonchev–Trinajstić information content (AvgIpc) is 3.17. The zero-order valence-corrected chi connectivity index (χ0v) is 27.7. The van der Waals surface area contributed by atoms with Gasteiger partial charge >= 0.3 is 11.9 Å². The van der Waals surface area contributed by atoms with Crippen LogP contribution < -0.4 is 0 Å². The Labute approximate surface area is 237 Å². The first-order valence-electron chi connectivity index (χ1n) is 14.5. The maximum absolute atomic E-state index is 11.9. The molecule has 1 rings (SSSR count). The normalized spacial score (nSPS) is 23.1. The summed E-state index contributed by atoms with van der Waals surface area (Å²) in [5.74, 6) is 0.856. The first-order valence-corrected chi connectivity index (χ1v) is 18.3. The van der Waals surface area contributed by atoms with Crippen molar-refractivity contribution in [2.45, 2.75) is 141 Å². The fourth-order valence-corrected chi connectivity index (χ4v) is 7.93. The van der Waals surface area contributed by atoms with Gasteiger partial charge in [0.05, 0.1) is 13.2 Å². The standard InChI is InChI=1S/C30H55BrO5Si/c1-10-11-16-22(2)29(36-37(8,9)30(4,5)6)26(31)21-25-24(19-20-27(25)35-23(3)32)17-14-12-13-15-18-28(33)34-7/h15,18,22,24-27,29H,10-14,16-17,19-21H2,1-9H3/t22-,24-,25+,26?,27+,29-/m0/s1. The minimum absolute atomic E-state index is 0.0127. The molecule has 5 nitrogen and oxygen atoms in total. The number of hydrogen-bond donors (Lipinski definition) is 0. The van der Waals surface area contributed by atoms with Crippen LogP contribution >= 0.6 is 15.9 Å². The lowest BCUT2D eigenvalue weighted by molar-refractivity contribution is -0.148. The molecule has 1 unspecified atom stereocenters. The van der Waals surface area contributed by atoms with Gasteiger partial charge in [-0.25, -0.2) is 4.79 Å². The number of halogens is 1. The van der Waals surface area contributed by atoms with Crippen LogP contribution in [0.4, 0.5) is 0 Å². The molecule has 0 spiro atoms. The number of carbonyl (C=O) groups excluding carboxylic acids is 2. The van der Waals surface area contributed by atoms with Gasteiger partial charge in [0.15, 0.2) is 8.32 Å². The Morgan fingerprint density at radius 1 is 1.14 bits per heavy atom. The van der Waals surface area contributed by atoms with Gasteiger partial charge in [-0.15, -0.1) is 0 Å². The zero-order chi connectivity index (χ0) is 28.2. The number of rotatable bonds is 16. The van der Waals surface area contributed by atoms with Crippen LogP contribution in [0.2, 0.25) is 18.1 Å². The number of esters is 2. The van der Waals surface area contributed by atoms with Gasteiger partial charge in [-0.05, 0) is 74.4 Å². The zero-order valence-electron chi connectivity index (χ0n) is 25.1. The summed E-state index contributed by atoms with van der Waals surface area (Å²) in [5, 5.41) is 0.154. The number of carbonyl (C=O) groups is 2. The smallest absolute Gasteiger partial charge is 0.330 e. The Morgan fingerprint density at radius 2 is 1.81 bits per heavy atom. The summed E-state index contributed by atoms with van der Waals surface area (Å²) in [5.41, 5.74) is 0. The van der Waals surface area contributed by atoms with Crippen molar-refractivity contribution < 1.29 is 23.5 Å². The lowest BCUT2D eigenvalue weighted by Crippen LogP contribution is -2.48. The Balaban J connectivity index is 2.96. The highest BCUT2D eigenvalue weighted by Crippen LogP contribution is 2.44. The molecule has 1 aliphatic rings. The third-order valence-corrected chi connectivity index (χ3v) is 13.9. The van der Waals surface area contributed by atoms with Crippen molar-refractivity contribution in [3.8, 4) is 0 Å².